The largest absolute Gasteiger partial charge is 0.478 e. The molecule has 2 saturated carbocycles. The first-order valence-electron chi connectivity index (χ1n) is 10.5. The minimum Gasteiger partial charge on any atom is -0.478 e. The van der Waals surface area contributed by atoms with E-state index in [2.05, 4.69) is 10.6 Å². The third-order valence-corrected chi connectivity index (χ3v) is 6.50. The van der Waals surface area contributed by atoms with Gasteiger partial charge in [0.2, 0.25) is 5.91 Å². The number of carbonyl (C=O) groups is 2. The highest BCUT2D eigenvalue weighted by Crippen LogP contribution is 2.51. The number of anilines is 1. The number of carboxylic acid groups (broad SMARTS) is 1. The van der Waals surface area contributed by atoms with Gasteiger partial charge in [0.05, 0.1) is 11.0 Å². The lowest BCUT2D eigenvalue weighted by Crippen LogP contribution is -2.31. The minimum absolute atomic E-state index is 0.0161. The SMILES string of the molecule is N=C/C(=C\NC1CCC1)c1ccc(NC(=O)C2(c3ccc(F)cc3Cl)CC2)cc1C(=O)O. The average molecular weight is 456 g/mol. The van der Waals surface area contributed by atoms with Gasteiger partial charge in [-0.3, -0.25) is 4.79 Å². The number of aromatic carboxylic acids is 1. The number of nitrogens with one attached hydrogen (secondary N) is 3. The summed E-state index contributed by atoms with van der Waals surface area (Å²) in [6, 6.07) is 8.92. The van der Waals surface area contributed by atoms with Gasteiger partial charge in [0.1, 0.15) is 5.82 Å². The molecule has 0 aliphatic heterocycles. The van der Waals surface area contributed by atoms with Gasteiger partial charge in [0, 0.05) is 34.7 Å². The Morgan fingerprint density at radius 2 is 1.91 bits per heavy atom. The number of allylic oxidation sites excluding steroid dienone is 1. The minimum atomic E-state index is -1.16. The highest BCUT2D eigenvalue weighted by atomic mass is 35.5. The molecule has 2 aromatic rings. The van der Waals surface area contributed by atoms with Crippen molar-refractivity contribution in [2.24, 2.45) is 0 Å². The molecule has 0 atom stereocenters. The summed E-state index contributed by atoms with van der Waals surface area (Å²) < 4.78 is 13.4. The second kappa shape index (κ2) is 8.74. The predicted molar refractivity (Wildman–Crippen MR) is 122 cm³/mol. The molecule has 0 heterocycles. The summed E-state index contributed by atoms with van der Waals surface area (Å²) in [6.07, 6.45) is 7.19. The van der Waals surface area contributed by atoms with Gasteiger partial charge in [-0.25, -0.2) is 9.18 Å². The number of carbonyl (C=O) groups excluding carboxylic acids is 1. The zero-order chi connectivity index (χ0) is 22.9. The van der Waals surface area contributed by atoms with E-state index in [9.17, 15) is 19.1 Å². The Bertz CT molecular complexity index is 1120. The summed E-state index contributed by atoms with van der Waals surface area (Å²) in [7, 11) is 0. The molecule has 4 N–H and O–H groups in total. The van der Waals surface area contributed by atoms with Crippen LogP contribution in [0.2, 0.25) is 5.02 Å². The van der Waals surface area contributed by atoms with E-state index in [1.807, 2.05) is 0 Å². The normalized spacial score (nSPS) is 17.2. The van der Waals surface area contributed by atoms with Crippen molar-refractivity contribution in [2.45, 2.75) is 43.6 Å². The maximum absolute atomic E-state index is 13.4. The summed E-state index contributed by atoms with van der Waals surface area (Å²) in [5, 5.41) is 23.6. The summed E-state index contributed by atoms with van der Waals surface area (Å²) in [4.78, 5) is 24.9. The molecule has 0 saturated heterocycles. The molecular formula is C24H23ClFN3O3. The maximum atomic E-state index is 13.4. The Kier molecular flexibility index (Phi) is 6.02. The average Bonchev–Trinajstić information content (AvgIpc) is 3.52. The monoisotopic (exact) mass is 455 g/mol. The van der Waals surface area contributed by atoms with E-state index in [4.69, 9.17) is 17.0 Å². The van der Waals surface area contributed by atoms with Crippen LogP contribution in [0.15, 0.2) is 42.6 Å². The van der Waals surface area contributed by atoms with Gasteiger partial charge in [-0.1, -0.05) is 23.7 Å². The summed E-state index contributed by atoms with van der Waals surface area (Å²) >= 11 is 6.17. The van der Waals surface area contributed by atoms with E-state index < -0.39 is 17.2 Å². The van der Waals surface area contributed by atoms with Crippen LogP contribution in [0.3, 0.4) is 0 Å². The Labute approximate surface area is 190 Å². The van der Waals surface area contributed by atoms with Crippen molar-refractivity contribution in [3.63, 3.8) is 0 Å². The van der Waals surface area contributed by atoms with Gasteiger partial charge < -0.3 is 21.1 Å². The zero-order valence-corrected chi connectivity index (χ0v) is 18.0. The fraction of sp³-hybridized carbons (Fsp3) is 0.292. The third-order valence-electron chi connectivity index (χ3n) is 6.19. The highest BCUT2D eigenvalue weighted by molar-refractivity contribution is 6.32. The van der Waals surface area contributed by atoms with Crippen LogP contribution >= 0.6 is 11.6 Å². The second-order valence-electron chi connectivity index (χ2n) is 8.26. The Morgan fingerprint density at radius 1 is 1.16 bits per heavy atom. The number of hydrogen-bond donors (Lipinski definition) is 4. The fourth-order valence-electron chi connectivity index (χ4n) is 3.90. The lowest BCUT2D eigenvalue weighted by molar-refractivity contribution is -0.118. The lowest BCUT2D eigenvalue weighted by Gasteiger charge is -2.26. The molecule has 0 bridgehead atoms. The van der Waals surface area contributed by atoms with Crippen LogP contribution in [-0.4, -0.2) is 29.2 Å². The van der Waals surface area contributed by atoms with Gasteiger partial charge in [-0.15, -0.1) is 0 Å². The van der Waals surface area contributed by atoms with E-state index in [1.165, 1.54) is 24.3 Å². The number of rotatable bonds is 8. The van der Waals surface area contributed by atoms with Crippen LogP contribution < -0.4 is 10.6 Å². The smallest absolute Gasteiger partial charge is 0.336 e. The quantitative estimate of drug-likeness (QED) is 0.421. The maximum Gasteiger partial charge on any atom is 0.336 e. The van der Waals surface area contributed by atoms with Crippen LogP contribution in [0, 0.1) is 11.2 Å². The fourth-order valence-corrected chi connectivity index (χ4v) is 4.25. The van der Waals surface area contributed by atoms with Gasteiger partial charge in [-0.2, -0.15) is 0 Å². The molecule has 2 fully saturated rings. The highest BCUT2D eigenvalue weighted by Gasteiger charge is 2.52. The molecule has 2 aromatic carbocycles. The van der Waals surface area contributed by atoms with Crippen molar-refractivity contribution in [2.75, 3.05) is 5.32 Å². The first-order chi connectivity index (χ1) is 15.3. The number of hydrogen-bond acceptors (Lipinski definition) is 4. The molecule has 0 radical (unpaired) electrons. The summed E-state index contributed by atoms with van der Waals surface area (Å²) in [6.45, 7) is 0. The molecule has 0 spiro atoms. The molecular weight excluding hydrogens is 433 g/mol. The molecule has 0 aromatic heterocycles. The first-order valence-corrected chi connectivity index (χ1v) is 10.8. The second-order valence-corrected chi connectivity index (χ2v) is 8.67. The Morgan fingerprint density at radius 3 is 2.47 bits per heavy atom. The Balaban J connectivity index is 1.58. The molecule has 2 aliphatic rings. The van der Waals surface area contributed by atoms with Crippen LogP contribution in [0.1, 0.15) is 53.6 Å². The van der Waals surface area contributed by atoms with E-state index >= 15 is 0 Å². The lowest BCUT2D eigenvalue weighted by atomic mass is 9.93. The van der Waals surface area contributed by atoms with Crippen LogP contribution in [0.25, 0.3) is 5.57 Å². The van der Waals surface area contributed by atoms with Crippen molar-refractivity contribution in [1.82, 2.24) is 5.32 Å². The summed E-state index contributed by atoms with van der Waals surface area (Å²) in [5.74, 6) is -1.95. The van der Waals surface area contributed by atoms with Gasteiger partial charge in [0.15, 0.2) is 0 Å². The molecule has 1 amide bonds. The number of carboxylic acids is 1. The molecule has 6 nitrogen and oxygen atoms in total. The number of amides is 1. The van der Waals surface area contributed by atoms with Crippen LogP contribution in [-0.2, 0) is 10.2 Å². The molecule has 4 rings (SSSR count). The summed E-state index contributed by atoms with van der Waals surface area (Å²) in [5.41, 5.74) is 0.863. The van der Waals surface area contributed by atoms with Crippen LogP contribution in [0.5, 0.6) is 0 Å². The molecule has 8 heteroatoms. The van der Waals surface area contributed by atoms with Crippen LogP contribution in [0.4, 0.5) is 10.1 Å². The third kappa shape index (κ3) is 4.25. The predicted octanol–water partition coefficient (Wildman–Crippen LogP) is 4.98. The van der Waals surface area contributed by atoms with E-state index in [1.54, 1.807) is 18.3 Å². The van der Waals surface area contributed by atoms with Gasteiger partial charge in [-0.05, 0) is 67.5 Å². The molecule has 2 aliphatic carbocycles. The van der Waals surface area contributed by atoms with Crippen molar-refractivity contribution in [3.05, 3.63) is 70.1 Å². The first kappa shape index (κ1) is 22.0. The van der Waals surface area contributed by atoms with Crippen molar-refractivity contribution < 1.29 is 19.1 Å². The topological polar surface area (TPSA) is 102 Å². The van der Waals surface area contributed by atoms with Crippen molar-refractivity contribution in [1.29, 1.82) is 5.41 Å². The molecule has 0 unspecified atom stereocenters. The molecule has 166 valence electrons. The van der Waals surface area contributed by atoms with Crippen molar-refractivity contribution in [3.8, 4) is 0 Å². The Hall–Kier alpha value is -3.19. The van der Waals surface area contributed by atoms with Gasteiger partial charge in [0.25, 0.3) is 0 Å². The standard InChI is InChI=1S/C24H23ClFN3O3/c25-21-10-15(26)4-7-20(21)24(8-9-24)23(32)29-17-5-6-18(19(11-17)22(30)31)14(12-27)13-28-16-2-1-3-16/h4-7,10-13,16,27-28H,1-3,8-9H2,(H,29,32)(H,30,31)/b14-13+,27-12?. The van der Waals surface area contributed by atoms with E-state index in [-0.39, 0.29) is 16.5 Å². The van der Waals surface area contributed by atoms with Crippen molar-refractivity contribution >= 4 is 41.0 Å². The number of benzene rings is 2. The number of halogens is 2. The van der Waals surface area contributed by atoms with E-state index in [0.29, 0.717) is 41.3 Å². The zero-order valence-electron chi connectivity index (χ0n) is 17.3. The van der Waals surface area contributed by atoms with E-state index in [0.717, 1.165) is 25.5 Å². The molecule has 32 heavy (non-hydrogen) atoms. The van der Waals surface area contributed by atoms with Gasteiger partial charge >= 0.3 is 5.97 Å².